The Morgan fingerprint density at radius 2 is 1.92 bits per heavy atom. The van der Waals surface area contributed by atoms with Crippen LogP contribution >= 0.6 is 0 Å². The van der Waals surface area contributed by atoms with Crippen LogP contribution in [0.25, 0.3) is 11.3 Å². The van der Waals surface area contributed by atoms with Crippen molar-refractivity contribution in [3.05, 3.63) is 42.1 Å². The number of nitrogens with zero attached hydrogens (tertiary/aromatic N) is 2. The van der Waals surface area contributed by atoms with Gasteiger partial charge in [0.15, 0.2) is 0 Å². The van der Waals surface area contributed by atoms with Crippen LogP contribution in [-0.4, -0.2) is 9.89 Å². The predicted molar refractivity (Wildman–Crippen MR) is 52.6 cm³/mol. The first kappa shape index (κ1) is 7.86. The third-order valence-electron chi connectivity index (χ3n) is 1.99. The molecule has 1 heterocycles. The fraction of sp³-hybridized carbons (Fsp3) is 0.100. The van der Waals surface area contributed by atoms with Gasteiger partial charge in [-0.1, -0.05) is 30.3 Å². The largest absolute Gasteiger partial charge is 0.323 e. The molecule has 66 valence electrons. The van der Waals surface area contributed by atoms with Crippen LogP contribution in [0.5, 0.6) is 0 Å². The second kappa shape index (κ2) is 2.94. The number of rotatable bonds is 1. The monoisotopic (exact) mass is 173 g/mol. The SMILES string of the molecule is Cc1cc(-c2ccccc2)nn1N. The second-order valence-corrected chi connectivity index (χ2v) is 2.98. The molecule has 0 aliphatic heterocycles. The molecule has 0 atom stereocenters. The molecule has 2 aromatic rings. The molecular formula is C10H11N3. The van der Waals surface area contributed by atoms with Crippen LogP contribution in [0.3, 0.4) is 0 Å². The van der Waals surface area contributed by atoms with Gasteiger partial charge in [-0.05, 0) is 13.0 Å². The zero-order valence-corrected chi connectivity index (χ0v) is 7.44. The highest BCUT2D eigenvalue weighted by molar-refractivity contribution is 5.58. The number of hydrogen-bond donors (Lipinski definition) is 1. The van der Waals surface area contributed by atoms with Gasteiger partial charge in [-0.2, -0.15) is 9.89 Å². The normalized spacial score (nSPS) is 10.2. The Morgan fingerprint density at radius 1 is 1.23 bits per heavy atom. The van der Waals surface area contributed by atoms with Gasteiger partial charge >= 0.3 is 0 Å². The lowest BCUT2D eigenvalue weighted by Crippen LogP contribution is -2.11. The summed E-state index contributed by atoms with van der Waals surface area (Å²) < 4.78 is 0. The highest BCUT2D eigenvalue weighted by Crippen LogP contribution is 2.16. The van der Waals surface area contributed by atoms with Crippen LogP contribution in [-0.2, 0) is 0 Å². The fourth-order valence-corrected chi connectivity index (χ4v) is 1.24. The molecule has 0 aliphatic rings. The number of aryl methyl sites for hydroxylation is 1. The van der Waals surface area contributed by atoms with Crippen molar-refractivity contribution in [1.82, 2.24) is 9.89 Å². The molecule has 0 spiro atoms. The maximum atomic E-state index is 5.58. The summed E-state index contributed by atoms with van der Waals surface area (Å²) in [7, 11) is 0. The summed E-state index contributed by atoms with van der Waals surface area (Å²) in [6, 6.07) is 12.0. The smallest absolute Gasteiger partial charge is 0.0946 e. The van der Waals surface area contributed by atoms with E-state index in [9.17, 15) is 0 Å². The summed E-state index contributed by atoms with van der Waals surface area (Å²) >= 11 is 0. The molecule has 0 aliphatic carbocycles. The molecule has 0 bridgehead atoms. The van der Waals surface area contributed by atoms with Crippen molar-refractivity contribution in [3.8, 4) is 11.3 Å². The maximum Gasteiger partial charge on any atom is 0.0946 e. The molecule has 1 aromatic heterocycles. The van der Waals surface area contributed by atoms with Crippen LogP contribution in [0.15, 0.2) is 36.4 Å². The first-order valence-electron chi connectivity index (χ1n) is 4.14. The lowest BCUT2D eigenvalue weighted by Gasteiger charge is -1.93. The third-order valence-corrected chi connectivity index (χ3v) is 1.99. The summed E-state index contributed by atoms with van der Waals surface area (Å²) in [6.07, 6.45) is 0. The van der Waals surface area contributed by atoms with E-state index in [0.29, 0.717) is 0 Å². The fourth-order valence-electron chi connectivity index (χ4n) is 1.24. The number of aromatic nitrogens is 2. The molecule has 0 radical (unpaired) electrons. The van der Waals surface area contributed by atoms with E-state index >= 15 is 0 Å². The number of hydrogen-bond acceptors (Lipinski definition) is 2. The zero-order valence-electron chi connectivity index (χ0n) is 7.44. The van der Waals surface area contributed by atoms with Crippen molar-refractivity contribution in [2.24, 2.45) is 0 Å². The summed E-state index contributed by atoms with van der Waals surface area (Å²) in [4.78, 5) is 1.39. The van der Waals surface area contributed by atoms with Crippen molar-refractivity contribution in [1.29, 1.82) is 0 Å². The van der Waals surface area contributed by atoms with Gasteiger partial charge in [-0.3, -0.25) is 0 Å². The summed E-state index contributed by atoms with van der Waals surface area (Å²) in [5, 5.41) is 4.17. The Kier molecular flexibility index (Phi) is 1.77. The van der Waals surface area contributed by atoms with Crippen LogP contribution < -0.4 is 5.84 Å². The van der Waals surface area contributed by atoms with Gasteiger partial charge in [0, 0.05) is 5.56 Å². The van der Waals surface area contributed by atoms with Gasteiger partial charge in [0.1, 0.15) is 0 Å². The van der Waals surface area contributed by atoms with E-state index in [0.717, 1.165) is 17.0 Å². The lowest BCUT2D eigenvalue weighted by atomic mass is 10.1. The van der Waals surface area contributed by atoms with E-state index in [4.69, 9.17) is 5.84 Å². The zero-order chi connectivity index (χ0) is 9.26. The molecular weight excluding hydrogens is 162 g/mol. The molecule has 2 rings (SSSR count). The number of benzene rings is 1. The molecule has 0 saturated heterocycles. The Labute approximate surface area is 76.8 Å². The van der Waals surface area contributed by atoms with Gasteiger partial charge in [0.05, 0.1) is 11.4 Å². The van der Waals surface area contributed by atoms with Crippen molar-refractivity contribution < 1.29 is 0 Å². The maximum absolute atomic E-state index is 5.58. The summed E-state index contributed by atoms with van der Waals surface area (Å²) in [5.74, 6) is 5.58. The van der Waals surface area contributed by atoms with E-state index < -0.39 is 0 Å². The molecule has 0 saturated carbocycles. The summed E-state index contributed by atoms with van der Waals surface area (Å²) in [6.45, 7) is 1.93. The van der Waals surface area contributed by atoms with Crippen molar-refractivity contribution >= 4 is 0 Å². The van der Waals surface area contributed by atoms with E-state index in [1.54, 1.807) is 0 Å². The Morgan fingerprint density at radius 3 is 2.46 bits per heavy atom. The minimum absolute atomic E-state index is 0.917. The van der Waals surface area contributed by atoms with Crippen LogP contribution in [0.2, 0.25) is 0 Å². The first-order chi connectivity index (χ1) is 6.27. The molecule has 3 nitrogen and oxygen atoms in total. The van der Waals surface area contributed by atoms with Crippen LogP contribution in [0.1, 0.15) is 5.69 Å². The van der Waals surface area contributed by atoms with Crippen LogP contribution in [0, 0.1) is 6.92 Å². The molecule has 13 heavy (non-hydrogen) atoms. The van der Waals surface area contributed by atoms with Crippen molar-refractivity contribution in [2.45, 2.75) is 6.92 Å². The molecule has 0 unspecified atom stereocenters. The van der Waals surface area contributed by atoms with E-state index in [2.05, 4.69) is 5.10 Å². The Bertz CT molecular complexity index is 384. The quantitative estimate of drug-likeness (QED) is 0.665. The van der Waals surface area contributed by atoms with Gasteiger partial charge in [-0.25, -0.2) is 0 Å². The van der Waals surface area contributed by atoms with Gasteiger partial charge in [-0.15, -0.1) is 0 Å². The highest BCUT2D eigenvalue weighted by Gasteiger charge is 2.02. The Hall–Kier alpha value is -1.77. The third kappa shape index (κ3) is 1.40. The van der Waals surface area contributed by atoms with Crippen molar-refractivity contribution in [2.75, 3.05) is 5.84 Å². The first-order valence-corrected chi connectivity index (χ1v) is 4.14. The average molecular weight is 173 g/mol. The van der Waals surface area contributed by atoms with Gasteiger partial charge in [0.25, 0.3) is 0 Å². The Balaban J connectivity index is 2.48. The standard InChI is InChI=1S/C10H11N3/c1-8-7-10(12-13(8)11)9-5-3-2-4-6-9/h2-7H,11H2,1H3. The van der Waals surface area contributed by atoms with Gasteiger partial charge in [0.2, 0.25) is 0 Å². The van der Waals surface area contributed by atoms with E-state index in [1.807, 2.05) is 43.3 Å². The molecule has 0 amide bonds. The average Bonchev–Trinajstić information content (AvgIpc) is 2.49. The number of nitrogens with two attached hydrogens (primary N) is 1. The molecule has 2 N–H and O–H groups in total. The number of nitrogen functional groups attached to an aromatic ring is 1. The lowest BCUT2D eigenvalue weighted by molar-refractivity contribution is 0.803. The topological polar surface area (TPSA) is 43.8 Å². The van der Waals surface area contributed by atoms with Crippen molar-refractivity contribution in [3.63, 3.8) is 0 Å². The minimum Gasteiger partial charge on any atom is -0.323 e. The van der Waals surface area contributed by atoms with Gasteiger partial charge < -0.3 is 5.84 Å². The minimum atomic E-state index is 0.917. The molecule has 1 aromatic carbocycles. The second-order valence-electron chi connectivity index (χ2n) is 2.98. The van der Waals surface area contributed by atoms with E-state index in [1.165, 1.54) is 4.79 Å². The van der Waals surface area contributed by atoms with Crippen LogP contribution in [0.4, 0.5) is 0 Å². The molecule has 3 heteroatoms. The predicted octanol–water partition coefficient (Wildman–Crippen LogP) is 1.57. The molecule has 0 fully saturated rings. The highest BCUT2D eigenvalue weighted by atomic mass is 15.5. The summed E-state index contributed by atoms with van der Waals surface area (Å²) in [5.41, 5.74) is 2.97. The van der Waals surface area contributed by atoms with E-state index in [-0.39, 0.29) is 0 Å².